The Balaban J connectivity index is 1.26. The summed E-state index contributed by atoms with van der Waals surface area (Å²) in [6, 6.07) is 3.61. The largest absolute Gasteiger partial charge is 0.474 e. The standard InChI is InChI=1S/C20H26F2N4O3S/c1-12(23-13(2)27)9-28-14-3-5-15(6-4-14)29-17-8-7-16-18(25-17)30-19(24-16)26-10-20(21,22)11-26/h7-8,12,14-15H,3-6,9-11H2,1-2H3,(H,23,27)/t12-,14-,15-/m0/s1. The van der Waals surface area contributed by atoms with Crippen LogP contribution in [-0.2, 0) is 9.53 Å². The molecule has 1 saturated heterocycles. The highest BCUT2D eigenvalue weighted by Crippen LogP contribution is 2.36. The van der Waals surface area contributed by atoms with Crippen molar-refractivity contribution in [2.75, 3.05) is 24.6 Å². The van der Waals surface area contributed by atoms with Crippen LogP contribution in [0.4, 0.5) is 13.9 Å². The number of nitrogens with one attached hydrogen (secondary N) is 1. The summed E-state index contributed by atoms with van der Waals surface area (Å²) in [5.41, 5.74) is 0.697. The number of anilines is 1. The first-order chi connectivity index (χ1) is 14.3. The second-order valence-electron chi connectivity index (χ2n) is 8.13. The third kappa shape index (κ3) is 5.15. The lowest BCUT2D eigenvalue weighted by Crippen LogP contribution is -2.56. The summed E-state index contributed by atoms with van der Waals surface area (Å²) in [5.74, 6) is -2.14. The number of carbonyl (C=O) groups excluding carboxylic acids is 1. The van der Waals surface area contributed by atoms with Crippen LogP contribution < -0.4 is 15.0 Å². The Labute approximate surface area is 177 Å². The third-order valence-electron chi connectivity index (χ3n) is 5.27. The molecule has 2 aliphatic rings. The average molecular weight is 441 g/mol. The Morgan fingerprint density at radius 1 is 1.27 bits per heavy atom. The van der Waals surface area contributed by atoms with Crippen molar-refractivity contribution in [2.24, 2.45) is 0 Å². The van der Waals surface area contributed by atoms with Crippen LogP contribution in [0.1, 0.15) is 39.5 Å². The molecule has 1 N–H and O–H groups in total. The molecule has 2 fully saturated rings. The van der Waals surface area contributed by atoms with Crippen molar-refractivity contribution in [3.63, 3.8) is 0 Å². The number of fused-ring (bicyclic) bond motifs is 1. The van der Waals surface area contributed by atoms with Gasteiger partial charge in [-0.2, -0.15) is 0 Å². The van der Waals surface area contributed by atoms with E-state index in [0.29, 0.717) is 28.0 Å². The van der Waals surface area contributed by atoms with Gasteiger partial charge in [0.1, 0.15) is 16.5 Å². The molecule has 0 aromatic carbocycles. The summed E-state index contributed by atoms with van der Waals surface area (Å²) < 4.78 is 38.1. The van der Waals surface area contributed by atoms with Crippen molar-refractivity contribution < 1.29 is 23.0 Å². The van der Waals surface area contributed by atoms with E-state index in [1.807, 2.05) is 13.0 Å². The summed E-state index contributed by atoms with van der Waals surface area (Å²) >= 11 is 1.31. The first kappa shape index (κ1) is 21.2. The smallest absolute Gasteiger partial charge is 0.282 e. The zero-order valence-electron chi connectivity index (χ0n) is 17.1. The van der Waals surface area contributed by atoms with Gasteiger partial charge in [0.05, 0.1) is 25.8 Å². The molecule has 164 valence electrons. The maximum absolute atomic E-state index is 13.1. The fourth-order valence-electron chi connectivity index (χ4n) is 3.79. The molecule has 3 heterocycles. The van der Waals surface area contributed by atoms with E-state index in [-0.39, 0.29) is 37.2 Å². The minimum absolute atomic E-state index is 0.000752. The topological polar surface area (TPSA) is 76.6 Å². The number of ether oxygens (including phenoxy) is 2. The van der Waals surface area contributed by atoms with E-state index in [1.165, 1.54) is 18.3 Å². The van der Waals surface area contributed by atoms with Gasteiger partial charge in [0.25, 0.3) is 5.92 Å². The number of aromatic nitrogens is 2. The van der Waals surface area contributed by atoms with Crippen molar-refractivity contribution in [1.82, 2.24) is 15.3 Å². The van der Waals surface area contributed by atoms with Gasteiger partial charge in [0, 0.05) is 19.0 Å². The highest BCUT2D eigenvalue weighted by molar-refractivity contribution is 7.21. The van der Waals surface area contributed by atoms with E-state index >= 15 is 0 Å². The summed E-state index contributed by atoms with van der Waals surface area (Å²) in [7, 11) is 0. The maximum atomic E-state index is 13.1. The Kier molecular flexibility index (Phi) is 6.06. The number of nitrogens with zero attached hydrogens (tertiary/aromatic N) is 3. The molecule has 10 heteroatoms. The average Bonchev–Trinajstić information content (AvgIpc) is 3.08. The molecular formula is C20H26F2N4O3S. The summed E-state index contributed by atoms with van der Waals surface area (Å²) in [4.78, 5) is 22.2. The minimum Gasteiger partial charge on any atom is -0.474 e. The summed E-state index contributed by atoms with van der Waals surface area (Å²) in [5, 5.41) is 3.39. The van der Waals surface area contributed by atoms with E-state index in [4.69, 9.17) is 9.47 Å². The van der Waals surface area contributed by atoms with Gasteiger partial charge in [-0.25, -0.2) is 18.7 Å². The lowest BCUT2D eigenvalue weighted by atomic mass is 9.95. The Morgan fingerprint density at radius 3 is 2.63 bits per heavy atom. The van der Waals surface area contributed by atoms with Crippen molar-refractivity contribution in [3.8, 4) is 5.88 Å². The molecule has 0 bridgehead atoms. The molecule has 1 amide bonds. The first-order valence-corrected chi connectivity index (χ1v) is 11.0. The van der Waals surface area contributed by atoms with Gasteiger partial charge in [0.2, 0.25) is 11.8 Å². The van der Waals surface area contributed by atoms with Gasteiger partial charge >= 0.3 is 0 Å². The lowest BCUT2D eigenvalue weighted by Gasteiger charge is -2.38. The van der Waals surface area contributed by atoms with Gasteiger partial charge in [-0.3, -0.25) is 4.79 Å². The molecule has 1 aliphatic heterocycles. The van der Waals surface area contributed by atoms with Crippen LogP contribution in [0.5, 0.6) is 5.88 Å². The highest BCUT2D eigenvalue weighted by atomic mass is 32.1. The van der Waals surface area contributed by atoms with Crippen LogP contribution >= 0.6 is 11.3 Å². The van der Waals surface area contributed by atoms with Gasteiger partial charge in [-0.15, -0.1) is 0 Å². The predicted molar refractivity (Wildman–Crippen MR) is 110 cm³/mol. The van der Waals surface area contributed by atoms with E-state index in [0.717, 1.165) is 25.7 Å². The van der Waals surface area contributed by atoms with E-state index in [9.17, 15) is 13.6 Å². The molecule has 1 aliphatic carbocycles. The molecule has 4 rings (SSSR count). The second-order valence-corrected chi connectivity index (χ2v) is 9.09. The van der Waals surface area contributed by atoms with Crippen LogP contribution in [0.25, 0.3) is 10.3 Å². The van der Waals surface area contributed by atoms with Crippen LogP contribution in [0.3, 0.4) is 0 Å². The maximum Gasteiger partial charge on any atom is 0.282 e. The molecule has 7 nitrogen and oxygen atoms in total. The van der Waals surface area contributed by atoms with E-state index in [1.54, 1.807) is 11.0 Å². The number of pyridine rings is 1. The molecule has 0 unspecified atom stereocenters. The lowest BCUT2D eigenvalue weighted by molar-refractivity contribution is -0.120. The first-order valence-electron chi connectivity index (χ1n) is 10.2. The molecule has 0 spiro atoms. The SMILES string of the molecule is CC(=O)N[C@@H](C)CO[C@H]1CC[C@H](Oc2ccc3nc(N4CC(F)(F)C4)sc3n2)CC1. The van der Waals surface area contributed by atoms with Crippen molar-refractivity contribution in [3.05, 3.63) is 12.1 Å². The number of hydrogen-bond donors (Lipinski definition) is 1. The van der Waals surface area contributed by atoms with Crippen molar-refractivity contribution in [2.45, 2.75) is 63.7 Å². The number of alkyl halides is 2. The molecule has 0 radical (unpaired) electrons. The highest BCUT2D eigenvalue weighted by Gasteiger charge is 2.45. The molecular weight excluding hydrogens is 414 g/mol. The van der Waals surface area contributed by atoms with Crippen LogP contribution in [0, 0.1) is 0 Å². The molecule has 1 atom stereocenters. The summed E-state index contributed by atoms with van der Waals surface area (Å²) in [6.45, 7) is 3.36. The minimum atomic E-state index is -2.62. The zero-order valence-corrected chi connectivity index (χ0v) is 17.9. The zero-order chi connectivity index (χ0) is 21.3. The van der Waals surface area contributed by atoms with Gasteiger partial charge in [-0.1, -0.05) is 11.3 Å². The van der Waals surface area contributed by atoms with Crippen LogP contribution in [0.2, 0.25) is 0 Å². The van der Waals surface area contributed by atoms with Crippen LogP contribution in [-0.4, -0.2) is 59.7 Å². The van der Waals surface area contributed by atoms with Gasteiger partial charge in [-0.05, 0) is 38.7 Å². The number of halogens is 2. The molecule has 2 aromatic heterocycles. The number of carbonyl (C=O) groups is 1. The van der Waals surface area contributed by atoms with E-state index in [2.05, 4.69) is 15.3 Å². The molecule has 1 saturated carbocycles. The number of thiazole rings is 1. The van der Waals surface area contributed by atoms with Crippen molar-refractivity contribution >= 4 is 32.7 Å². The van der Waals surface area contributed by atoms with E-state index < -0.39 is 5.92 Å². The fourth-order valence-corrected chi connectivity index (χ4v) is 4.72. The molecule has 2 aromatic rings. The predicted octanol–water partition coefficient (Wildman–Crippen LogP) is 3.38. The number of amides is 1. The number of rotatable bonds is 7. The Hall–Kier alpha value is -2.07. The monoisotopic (exact) mass is 440 g/mol. The van der Waals surface area contributed by atoms with Gasteiger partial charge < -0.3 is 19.7 Å². The molecule has 30 heavy (non-hydrogen) atoms. The summed E-state index contributed by atoms with van der Waals surface area (Å²) in [6.07, 6.45) is 3.78. The fraction of sp³-hybridized carbons (Fsp3) is 0.650. The van der Waals surface area contributed by atoms with Crippen molar-refractivity contribution in [1.29, 1.82) is 0 Å². The van der Waals surface area contributed by atoms with Crippen LogP contribution in [0.15, 0.2) is 12.1 Å². The quantitative estimate of drug-likeness (QED) is 0.711. The second kappa shape index (κ2) is 8.58. The Bertz CT molecular complexity index is 893. The number of hydrogen-bond acceptors (Lipinski definition) is 7. The Morgan fingerprint density at radius 2 is 1.97 bits per heavy atom. The normalized spacial score (nSPS) is 24.3. The van der Waals surface area contributed by atoms with Gasteiger partial charge in [0.15, 0.2) is 5.13 Å². The third-order valence-corrected chi connectivity index (χ3v) is 6.30.